The molecule has 0 aromatic heterocycles. The molecule has 2 aromatic rings. The van der Waals surface area contributed by atoms with E-state index in [1.54, 1.807) is 0 Å². The summed E-state index contributed by atoms with van der Waals surface area (Å²) >= 11 is 12.1. The first-order valence-corrected chi connectivity index (χ1v) is 9.77. The van der Waals surface area contributed by atoms with Crippen LogP contribution < -0.4 is 4.31 Å². The van der Waals surface area contributed by atoms with Gasteiger partial charge >= 0.3 is 5.97 Å². The molecule has 0 aliphatic carbocycles. The number of carboxylic acid groups (broad SMARTS) is 1. The van der Waals surface area contributed by atoms with Gasteiger partial charge in [0, 0.05) is 24.1 Å². The summed E-state index contributed by atoms with van der Waals surface area (Å²) in [5, 5.41) is 20.3. The van der Waals surface area contributed by atoms with E-state index in [1.807, 2.05) is 0 Å². The molecule has 0 unspecified atom stereocenters. The fourth-order valence-electron chi connectivity index (χ4n) is 2.37. The molecule has 8 nitrogen and oxygen atoms in total. The van der Waals surface area contributed by atoms with Crippen molar-refractivity contribution in [2.45, 2.75) is 17.7 Å². The second kappa shape index (κ2) is 8.55. The Bertz CT molecular complexity index is 981. The maximum atomic E-state index is 13.2. The molecule has 2 aromatic carbocycles. The fraction of sp³-hybridized carbons (Fsp3) is 0.188. The molecule has 0 bridgehead atoms. The van der Waals surface area contributed by atoms with Crippen LogP contribution in [0.4, 0.5) is 11.4 Å². The second-order valence-electron chi connectivity index (χ2n) is 5.40. The number of sulfonamides is 1. The third kappa shape index (κ3) is 4.88. The first kappa shape index (κ1) is 20.9. The minimum atomic E-state index is -4.41. The first-order chi connectivity index (χ1) is 12.6. The predicted molar refractivity (Wildman–Crippen MR) is 101 cm³/mol. The van der Waals surface area contributed by atoms with Crippen molar-refractivity contribution in [2.75, 3.05) is 10.8 Å². The van der Waals surface area contributed by atoms with Gasteiger partial charge in [-0.2, -0.15) is 0 Å². The number of carbonyl (C=O) groups is 1. The SMILES string of the molecule is O=C(O)CCCN(c1cc(Cl)ccc1Cl)S(=O)(=O)c1ccccc1[N+](=O)[O-]. The lowest BCUT2D eigenvalue weighted by molar-refractivity contribution is -0.387. The highest BCUT2D eigenvalue weighted by molar-refractivity contribution is 7.93. The first-order valence-electron chi connectivity index (χ1n) is 7.57. The van der Waals surface area contributed by atoms with Crippen LogP contribution in [0.2, 0.25) is 10.0 Å². The van der Waals surface area contributed by atoms with Gasteiger partial charge in [0.05, 0.1) is 15.6 Å². The van der Waals surface area contributed by atoms with E-state index in [1.165, 1.54) is 30.3 Å². The minimum absolute atomic E-state index is 0.00714. The number of para-hydroxylation sites is 1. The van der Waals surface area contributed by atoms with Crippen LogP contribution in [0.25, 0.3) is 0 Å². The fourth-order valence-corrected chi connectivity index (χ4v) is 4.48. The Morgan fingerprint density at radius 3 is 2.48 bits per heavy atom. The molecule has 1 N–H and O–H groups in total. The van der Waals surface area contributed by atoms with Crippen LogP contribution in [-0.2, 0) is 14.8 Å². The van der Waals surface area contributed by atoms with Crippen LogP contribution in [0, 0.1) is 10.1 Å². The number of carboxylic acids is 1. The Morgan fingerprint density at radius 1 is 1.19 bits per heavy atom. The highest BCUT2D eigenvalue weighted by Crippen LogP contribution is 2.35. The van der Waals surface area contributed by atoms with E-state index in [2.05, 4.69) is 0 Å². The third-order valence-corrected chi connectivity index (χ3v) is 5.97. The van der Waals surface area contributed by atoms with Gasteiger partial charge in [-0.25, -0.2) is 8.42 Å². The summed E-state index contributed by atoms with van der Waals surface area (Å²) in [6.45, 7) is -0.249. The maximum Gasteiger partial charge on any atom is 0.303 e. The van der Waals surface area contributed by atoms with E-state index in [9.17, 15) is 23.3 Å². The molecule has 0 fully saturated rings. The zero-order valence-corrected chi connectivity index (χ0v) is 16.0. The van der Waals surface area contributed by atoms with E-state index in [-0.39, 0.29) is 35.1 Å². The minimum Gasteiger partial charge on any atom is -0.481 e. The molecular formula is C16H14Cl2N2O6S. The molecule has 0 heterocycles. The number of rotatable bonds is 8. The van der Waals surface area contributed by atoms with Gasteiger partial charge in [-0.05, 0) is 30.7 Å². The van der Waals surface area contributed by atoms with E-state index in [4.69, 9.17) is 28.3 Å². The molecule has 2 rings (SSSR count). The topological polar surface area (TPSA) is 118 Å². The van der Waals surface area contributed by atoms with Crippen LogP contribution in [0.1, 0.15) is 12.8 Å². The van der Waals surface area contributed by atoms with E-state index in [0.717, 1.165) is 16.4 Å². The molecule has 0 spiro atoms. The summed E-state index contributed by atoms with van der Waals surface area (Å²) < 4.78 is 27.2. The number of aliphatic carboxylic acids is 1. The van der Waals surface area contributed by atoms with Gasteiger partial charge in [0.25, 0.3) is 15.7 Å². The number of hydrogen-bond donors (Lipinski definition) is 1. The summed E-state index contributed by atoms with van der Waals surface area (Å²) in [5.41, 5.74) is -0.591. The molecule has 27 heavy (non-hydrogen) atoms. The van der Waals surface area contributed by atoms with Crippen molar-refractivity contribution < 1.29 is 23.2 Å². The number of halogens is 2. The average Bonchev–Trinajstić information content (AvgIpc) is 2.60. The van der Waals surface area contributed by atoms with Gasteiger partial charge in [0.1, 0.15) is 0 Å². The van der Waals surface area contributed by atoms with Crippen LogP contribution in [-0.4, -0.2) is 31.0 Å². The Balaban J connectivity index is 2.60. The van der Waals surface area contributed by atoms with Crippen molar-refractivity contribution in [1.82, 2.24) is 0 Å². The lowest BCUT2D eigenvalue weighted by Crippen LogP contribution is -2.33. The van der Waals surface area contributed by atoms with Gasteiger partial charge in [-0.3, -0.25) is 19.2 Å². The van der Waals surface area contributed by atoms with Crippen LogP contribution >= 0.6 is 23.2 Å². The summed E-state index contributed by atoms with van der Waals surface area (Å²) in [6.07, 6.45) is -0.320. The number of nitro benzene ring substituents is 1. The third-order valence-electron chi connectivity index (χ3n) is 3.56. The lowest BCUT2D eigenvalue weighted by Gasteiger charge is -2.25. The smallest absolute Gasteiger partial charge is 0.303 e. The number of benzene rings is 2. The van der Waals surface area contributed by atoms with Crippen LogP contribution in [0.15, 0.2) is 47.4 Å². The molecule has 0 radical (unpaired) electrons. The summed E-state index contributed by atoms with van der Waals surface area (Å²) in [4.78, 5) is 20.7. The van der Waals surface area contributed by atoms with Crippen LogP contribution in [0.5, 0.6) is 0 Å². The van der Waals surface area contributed by atoms with Crippen molar-refractivity contribution in [1.29, 1.82) is 0 Å². The average molecular weight is 433 g/mol. The maximum absolute atomic E-state index is 13.2. The molecule has 0 saturated carbocycles. The Labute approximate surface area is 165 Å². The zero-order valence-electron chi connectivity index (χ0n) is 13.7. The van der Waals surface area contributed by atoms with E-state index >= 15 is 0 Å². The largest absolute Gasteiger partial charge is 0.481 e. The second-order valence-corrected chi connectivity index (χ2v) is 8.07. The molecule has 0 aliphatic rings. The monoisotopic (exact) mass is 432 g/mol. The van der Waals surface area contributed by atoms with Crippen molar-refractivity contribution in [3.63, 3.8) is 0 Å². The molecule has 144 valence electrons. The Morgan fingerprint density at radius 2 is 1.85 bits per heavy atom. The number of hydrogen-bond acceptors (Lipinski definition) is 5. The molecule has 0 aliphatic heterocycles. The lowest BCUT2D eigenvalue weighted by atomic mass is 10.3. The van der Waals surface area contributed by atoms with Crippen molar-refractivity contribution in [2.24, 2.45) is 0 Å². The Hall–Kier alpha value is -2.36. The van der Waals surface area contributed by atoms with Gasteiger partial charge in [-0.15, -0.1) is 0 Å². The van der Waals surface area contributed by atoms with Crippen molar-refractivity contribution in [3.8, 4) is 0 Å². The van der Waals surface area contributed by atoms with Gasteiger partial charge in [0.2, 0.25) is 0 Å². The van der Waals surface area contributed by atoms with Gasteiger partial charge in [0.15, 0.2) is 4.90 Å². The normalized spacial score (nSPS) is 11.2. The number of nitro groups is 1. The molecule has 11 heteroatoms. The van der Waals surface area contributed by atoms with E-state index < -0.39 is 31.5 Å². The number of anilines is 1. The highest BCUT2D eigenvalue weighted by Gasteiger charge is 2.32. The highest BCUT2D eigenvalue weighted by atomic mass is 35.5. The van der Waals surface area contributed by atoms with Crippen molar-refractivity contribution >= 4 is 50.6 Å². The standard InChI is InChI=1S/C16H14Cl2N2O6S/c17-11-7-8-12(18)14(10-11)19(9-3-6-16(21)22)27(25,26)15-5-2-1-4-13(15)20(23)24/h1-2,4-5,7-8,10H,3,6,9H2,(H,21,22). The summed E-state index contributed by atoms with van der Waals surface area (Å²) in [5.74, 6) is -1.10. The quantitative estimate of drug-likeness (QED) is 0.497. The number of nitrogens with zero attached hydrogens (tertiary/aromatic N) is 2. The van der Waals surface area contributed by atoms with E-state index in [0.29, 0.717) is 0 Å². The molecular weight excluding hydrogens is 419 g/mol. The summed E-state index contributed by atoms with van der Waals surface area (Å²) in [6, 6.07) is 9.03. The van der Waals surface area contributed by atoms with Gasteiger partial charge < -0.3 is 5.11 Å². The Kier molecular flexibility index (Phi) is 6.63. The van der Waals surface area contributed by atoms with Crippen LogP contribution in [0.3, 0.4) is 0 Å². The predicted octanol–water partition coefficient (Wildman–Crippen LogP) is 3.96. The molecule has 0 amide bonds. The van der Waals surface area contributed by atoms with Crippen molar-refractivity contribution in [3.05, 3.63) is 62.6 Å². The molecule has 0 atom stereocenters. The van der Waals surface area contributed by atoms with Gasteiger partial charge in [-0.1, -0.05) is 35.3 Å². The summed E-state index contributed by atoms with van der Waals surface area (Å²) in [7, 11) is -4.41. The molecule has 0 saturated heterocycles. The zero-order chi connectivity index (χ0) is 20.2.